The molecule has 0 spiro atoms. The third-order valence-corrected chi connectivity index (χ3v) is 14.3. The normalized spacial score (nSPS) is 23.7. The number of benzene rings is 1. The van der Waals surface area contributed by atoms with Gasteiger partial charge in [-0.3, -0.25) is 14.2 Å². The van der Waals surface area contributed by atoms with Gasteiger partial charge in [-0.2, -0.15) is 0 Å². The summed E-state index contributed by atoms with van der Waals surface area (Å²) in [5, 5.41) is 11.1. The number of allylic oxidation sites excluding steroid dienone is 1. The summed E-state index contributed by atoms with van der Waals surface area (Å²) in [5.74, 6) is 1.12. The van der Waals surface area contributed by atoms with Gasteiger partial charge in [0.15, 0.2) is 5.13 Å². The monoisotopic (exact) mass is 836 g/mol. The molecule has 4 N–H and O–H groups in total. The second-order valence-corrected chi connectivity index (χ2v) is 20.1. The Kier molecular flexibility index (Phi) is 12.9. The Morgan fingerprint density at radius 3 is 2.52 bits per heavy atom. The zero-order valence-electron chi connectivity index (χ0n) is 34.4. The molecule has 2 aromatic heterocycles. The fourth-order valence-corrected chi connectivity index (χ4v) is 10.8. The lowest BCUT2D eigenvalue weighted by molar-refractivity contribution is -0.138. The molecule has 1 aromatic carbocycles. The Hall–Kier alpha value is -4.46. The largest absolute Gasteiger partial charge is 0.497 e. The average molecular weight is 837 g/mol. The van der Waals surface area contributed by atoms with Crippen molar-refractivity contribution in [3.63, 3.8) is 0 Å². The summed E-state index contributed by atoms with van der Waals surface area (Å²) in [6.07, 6.45) is 5.55. The van der Waals surface area contributed by atoms with Gasteiger partial charge >= 0.3 is 6.09 Å². The molecule has 2 unspecified atom stereocenters. The molecule has 2 saturated carbocycles. The molecule has 6 atom stereocenters. The number of nitrogens with one attached hydrogen (secondary N) is 3. The van der Waals surface area contributed by atoms with Gasteiger partial charge in [0.05, 0.1) is 24.9 Å². The third kappa shape index (κ3) is 9.53. The van der Waals surface area contributed by atoms with Crippen LogP contribution in [0.3, 0.4) is 0 Å². The van der Waals surface area contributed by atoms with Crippen LogP contribution in [0.5, 0.6) is 11.5 Å². The van der Waals surface area contributed by atoms with Crippen LogP contribution < -0.4 is 25.4 Å². The minimum absolute atomic E-state index is 0.106. The van der Waals surface area contributed by atoms with Gasteiger partial charge < -0.3 is 40.0 Å². The fraction of sp³-hybridized carbons (Fsp3) is 0.548. The lowest BCUT2D eigenvalue weighted by Gasteiger charge is -2.35. The maximum Gasteiger partial charge on any atom is 0.408 e. The van der Waals surface area contributed by atoms with E-state index >= 15 is 0 Å². The summed E-state index contributed by atoms with van der Waals surface area (Å²) in [5.41, 5.74) is 1.15. The number of methoxy groups -OCH3 is 1. The molecule has 3 aromatic rings. The zero-order chi connectivity index (χ0) is 42.0. The van der Waals surface area contributed by atoms with Crippen LogP contribution in [0.4, 0.5) is 9.93 Å². The SMILES string of the molecule is C=C[C@@H]1C[C@]1(NC(=O)CC1C[C@@H](Oc2cc(-c3csc(NC(C)C)n3)nc3cc(OC)ccc23)CN1C(=O)[C@@H](NC(=O)OC1CCCC1)C(C)(C)C)P(=O)(O)/C=C/C. The topological polar surface area (TPSA) is 181 Å². The Labute approximate surface area is 344 Å². The third-order valence-electron chi connectivity index (χ3n) is 11.0. The highest BCUT2D eigenvalue weighted by Gasteiger charge is 2.64. The van der Waals surface area contributed by atoms with E-state index in [1.807, 2.05) is 64.3 Å². The second-order valence-electron chi connectivity index (χ2n) is 16.9. The average Bonchev–Trinajstić information content (AvgIpc) is 3.53. The quantitative estimate of drug-likeness (QED) is 0.0865. The molecule has 0 radical (unpaired) electrons. The van der Waals surface area contributed by atoms with E-state index in [-0.39, 0.29) is 49.8 Å². The summed E-state index contributed by atoms with van der Waals surface area (Å²) in [6.45, 7) is 15.2. The molecule has 6 rings (SSSR count). The first kappa shape index (κ1) is 43.1. The van der Waals surface area contributed by atoms with E-state index in [0.717, 1.165) is 36.2 Å². The molecular formula is C42H57N6O8PS. The lowest BCUT2D eigenvalue weighted by atomic mass is 9.85. The predicted molar refractivity (Wildman–Crippen MR) is 226 cm³/mol. The minimum Gasteiger partial charge on any atom is -0.497 e. The molecule has 2 aliphatic carbocycles. The van der Waals surface area contributed by atoms with Crippen molar-refractivity contribution in [3.05, 3.63) is 54.2 Å². The van der Waals surface area contributed by atoms with Crippen molar-refractivity contribution in [1.82, 2.24) is 25.5 Å². The molecular weight excluding hydrogens is 780 g/mol. The van der Waals surface area contributed by atoms with Gasteiger partial charge in [0, 0.05) is 53.7 Å². The van der Waals surface area contributed by atoms with E-state index in [2.05, 4.69) is 22.5 Å². The lowest BCUT2D eigenvalue weighted by Crippen LogP contribution is -2.56. The van der Waals surface area contributed by atoms with E-state index in [1.165, 1.54) is 23.2 Å². The molecule has 1 saturated heterocycles. The van der Waals surface area contributed by atoms with Crippen molar-refractivity contribution < 1.29 is 38.1 Å². The predicted octanol–water partition coefficient (Wildman–Crippen LogP) is 7.83. The fourth-order valence-electron chi connectivity index (χ4n) is 7.95. The van der Waals surface area contributed by atoms with Crippen molar-refractivity contribution in [2.45, 2.75) is 122 Å². The van der Waals surface area contributed by atoms with Crippen LogP contribution in [0, 0.1) is 11.3 Å². The van der Waals surface area contributed by atoms with Crippen molar-refractivity contribution in [3.8, 4) is 22.9 Å². The number of aromatic nitrogens is 2. The molecule has 3 heterocycles. The number of ether oxygens (including phenoxy) is 3. The van der Waals surface area contributed by atoms with E-state index < -0.39 is 48.3 Å². The molecule has 16 heteroatoms. The number of fused-ring (bicyclic) bond motifs is 1. The van der Waals surface area contributed by atoms with E-state index in [9.17, 15) is 23.8 Å². The number of anilines is 1. The molecule has 58 heavy (non-hydrogen) atoms. The summed E-state index contributed by atoms with van der Waals surface area (Å²) in [7, 11) is -2.37. The van der Waals surface area contributed by atoms with Crippen LogP contribution in [0.25, 0.3) is 22.3 Å². The Morgan fingerprint density at radius 1 is 1.14 bits per heavy atom. The number of carbonyl (C=O) groups is 3. The van der Waals surface area contributed by atoms with Gasteiger partial charge in [-0.1, -0.05) is 32.9 Å². The molecule has 0 bridgehead atoms. The second kappa shape index (κ2) is 17.4. The molecule has 3 fully saturated rings. The van der Waals surface area contributed by atoms with Crippen LogP contribution in [0.2, 0.25) is 0 Å². The number of thiazole rings is 1. The number of pyridine rings is 1. The molecule has 314 valence electrons. The van der Waals surface area contributed by atoms with Gasteiger partial charge in [-0.25, -0.2) is 14.8 Å². The smallest absolute Gasteiger partial charge is 0.408 e. The Morgan fingerprint density at radius 2 is 1.88 bits per heavy atom. The molecule has 3 aliphatic rings. The number of rotatable bonds is 15. The first-order chi connectivity index (χ1) is 27.5. The molecule has 3 amide bonds. The highest BCUT2D eigenvalue weighted by atomic mass is 32.1. The highest BCUT2D eigenvalue weighted by molar-refractivity contribution is 7.63. The van der Waals surface area contributed by atoms with Gasteiger partial charge in [0.1, 0.15) is 40.7 Å². The summed E-state index contributed by atoms with van der Waals surface area (Å²) < 4.78 is 31.5. The van der Waals surface area contributed by atoms with Crippen LogP contribution >= 0.6 is 18.7 Å². The number of carbonyl (C=O) groups excluding carboxylic acids is 3. The van der Waals surface area contributed by atoms with Crippen LogP contribution in [0.1, 0.15) is 86.5 Å². The maximum absolute atomic E-state index is 14.7. The maximum atomic E-state index is 14.7. The Bertz CT molecular complexity index is 2090. The van der Waals surface area contributed by atoms with E-state index in [0.29, 0.717) is 28.4 Å². The first-order valence-electron chi connectivity index (χ1n) is 20.0. The van der Waals surface area contributed by atoms with Crippen LogP contribution in [-0.2, 0) is 18.9 Å². The van der Waals surface area contributed by atoms with Gasteiger partial charge in [-0.05, 0) is 76.2 Å². The van der Waals surface area contributed by atoms with Crippen molar-refractivity contribution in [2.75, 3.05) is 19.0 Å². The van der Waals surface area contributed by atoms with E-state index in [4.69, 9.17) is 24.2 Å². The van der Waals surface area contributed by atoms with Crippen molar-refractivity contribution in [1.29, 1.82) is 0 Å². The van der Waals surface area contributed by atoms with Gasteiger partial charge in [0.2, 0.25) is 19.2 Å². The van der Waals surface area contributed by atoms with Crippen molar-refractivity contribution in [2.24, 2.45) is 11.3 Å². The van der Waals surface area contributed by atoms with Gasteiger partial charge in [-0.15, -0.1) is 17.9 Å². The first-order valence-corrected chi connectivity index (χ1v) is 22.6. The summed E-state index contributed by atoms with van der Waals surface area (Å²) in [4.78, 5) is 64.2. The number of amides is 3. The minimum atomic E-state index is -3.95. The Balaban J connectivity index is 1.31. The summed E-state index contributed by atoms with van der Waals surface area (Å²) in [6, 6.07) is 5.88. The number of nitrogens with zero attached hydrogens (tertiary/aromatic N) is 3. The van der Waals surface area contributed by atoms with Gasteiger partial charge in [0.25, 0.3) is 0 Å². The molecule has 1 aliphatic heterocycles. The highest BCUT2D eigenvalue weighted by Crippen LogP contribution is 2.70. The van der Waals surface area contributed by atoms with Crippen molar-refractivity contribution >= 4 is 52.6 Å². The standard InChI is InChI=1S/C42H57N6O8PS/c1-9-17-57(52,53)42(22-26(42)10-2)47-36(49)19-27-18-30(23-48(27)38(50)37(41(5,6)7)46-40(51)56-28-13-11-12-14-28)55-35-21-33(34-24-58-39(45-34)43-25(3)4)44-32-20-29(54-8)15-16-31(32)35/h9-10,15-17,20-21,24-28,30,37H,2,11-14,18-19,22-23H2,1,3-8H3,(H,43,45)(H,46,51)(H,47,49)(H,52,53)/b17-9+/t26-,27?,30-,37-,42+/m1/s1. The van der Waals surface area contributed by atoms with Crippen LogP contribution in [0.15, 0.2) is 54.2 Å². The number of alkyl carbamates (subject to hydrolysis) is 1. The van der Waals surface area contributed by atoms with E-state index in [1.54, 1.807) is 25.0 Å². The van der Waals surface area contributed by atoms with Crippen LogP contribution in [-0.4, -0.2) is 86.9 Å². The zero-order valence-corrected chi connectivity index (χ0v) is 36.2. The summed E-state index contributed by atoms with van der Waals surface area (Å²) >= 11 is 1.47. The number of likely N-dealkylation sites (tertiary alicyclic amines) is 1. The number of hydrogen-bond acceptors (Lipinski definition) is 11. The number of hydrogen-bond donors (Lipinski definition) is 4. The molecule has 14 nitrogen and oxygen atoms in total.